The summed E-state index contributed by atoms with van der Waals surface area (Å²) in [5.41, 5.74) is 13.6. The summed E-state index contributed by atoms with van der Waals surface area (Å²) in [5, 5.41) is 17.4. The summed E-state index contributed by atoms with van der Waals surface area (Å²) in [4.78, 5) is 35.8. The van der Waals surface area contributed by atoms with Crippen molar-refractivity contribution < 1.29 is 38.1 Å². The zero-order valence-electron chi connectivity index (χ0n) is 28.2. The van der Waals surface area contributed by atoms with Gasteiger partial charge in [0.1, 0.15) is 0 Å². The van der Waals surface area contributed by atoms with E-state index in [-0.39, 0.29) is 29.4 Å². The molecule has 1 aliphatic carbocycles. The molecule has 47 heavy (non-hydrogen) atoms. The molecule has 0 aromatic heterocycles. The number of carbonyl (C=O) groups is 3. The van der Waals surface area contributed by atoms with Crippen molar-refractivity contribution in [1.82, 2.24) is 5.32 Å². The Morgan fingerprint density at radius 3 is 1.89 bits per heavy atom. The lowest BCUT2D eigenvalue weighted by atomic mass is 9.75. The zero-order valence-corrected chi connectivity index (χ0v) is 28.2. The molecule has 1 aromatic carbocycles. The number of Topliss-reactive ketones (excluding diaryl/α,β-unsaturated/α-hetero) is 1. The number of hydrogen-bond acceptors (Lipinski definition) is 12. The number of allylic oxidation sites excluding steroid dienone is 2. The quantitative estimate of drug-likeness (QED) is 0.0626. The summed E-state index contributed by atoms with van der Waals surface area (Å²) in [6, 6.07) is 5.20. The molecule has 0 aliphatic heterocycles. The number of ether oxygens (including phenoxy) is 5. The first-order valence-electron chi connectivity index (χ1n) is 16.2. The molecule has 0 radical (unpaired) electrons. The van der Waals surface area contributed by atoms with Crippen molar-refractivity contribution in [1.29, 1.82) is 5.41 Å². The van der Waals surface area contributed by atoms with Gasteiger partial charge in [-0.15, -0.1) is 0 Å². The molecule has 0 saturated heterocycles. The average Bonchev–Trinajstić information content (AvgIpc) is 3.00. The van der Waals surface area contributed by atoms with E-state index in [0.29, 0.717) is 127 Å². The van der Waals surface area contributed by atoms with E-state index < -0.39 is 5.91 Å². The molecule has 8 N–H and O–H groups in total. The highest BCUT2D eigenvalue weighted by molar-refractivity contribution is 6.22. The number of carbonyl (C=O) groups excluding carboxylic acids is 3. The fourth-order valence-electron chi connectivity index (χ4n) is 4.87. The molecular weight excluding hydrogens is 608 g/mol. The summed E-state index contributed by atoms with van der Waals surface area (Å²) in [6.45, 7) is 11.6. The van der Waals surface area contributed by atoms with Gasteiger partial charge in [-0.3, -0.25) is 14.4 Å². The summed E-state index contributed by atoms with van der Waals surface area (Å²) >= 11 is 0. The lowest BCUT2D eigenvalue weighted by molar-refractivity contribution is -0.120. The van der Waals surface area contributed by atoms with Crippen LogP contribution in [0.3, 0.4) is 0 Å². The van der Waals surface area contributed by atoms with E-state index in [9.17, 15) is 14.4 Å². The molecule has 0 spiro atoms. The Hall–Kier alpha value is -3.40. The van der Waals surface area contributed by atoms with Gasteiger partial charge >= 0.3 is 0 Å². The van der Waals surface area contributed by atoms with E-state index in [0.717, 1.165) is 6.42 Å². The number of hydrogen-bond donors (Lipinski definition) is 6. The van der Waals surface area contributed by atoms with Gasteiger partial charge in [-0.2, -0.15) is 0 Å². The molecule has 0 bridgehead atoms. The van der Waals surface area contributed by atoms with Gasteiger partial charge in [-0.25, -0.2) is 0 Å². The predicted octanol–water partition coefficient (Wildman–Crippen LogP) is 2.23. The number of rotatable bonds is 26. The van der Waals surface area contributed by atoms with Crippen LogP contribution in [0.2, 0.25) is 0 Å². The number of ketones is 1. The monoisotopic (exact) mass is 662 g/mol. The van der Waals surface area contributed by atoms with Gasteiger partial charge in [0, 0.05) is 55.5 Å². The number of benzene rings is 1. The molecule has 14 heteroatoms. The highest BCUT2D eigenvalue weighted by Gasteiger charge is 2.33. The number of amides is 2. The van der Waals surface area contributed by atoms with Gasteiger partial charge in [0.05, 0.1) is 70.5 Å². The van der Waals surface area contributed by atoms with Crippen LogP contribution in [0.5, 0.6) is 0 Å². The van der Waals surface area contributed by atoms with Gasteiger partial charge in [0.25, 0.3) is 5.91 Å². The molecule has 2 rings (SSSR count). The van der Waals surface area contributed by atoms with Gasteiger partial charge in [0.15, 0.2) is 5.78 Å². The largest absolute Gasteiger partial charge is 0.384 e. The van der Waals surface area contributed by atoms with E-state index in [2.05, 4.69) is 16.0 Å². The average molecular weight is 663 g/mol. The van der Waals surface area contributed by atoms with Crippen LogP contribution >= 0.6 is 0 Å². The summed E-state index contributed by atoms with van der Waals surface area (Å²) in [7, 11) is 0. The molecule has 0 unspecified atom stereocenters. The fraction of sp³-hybridized carbons (Fsp3) is 0.636. The summed E-state index contributed by atoms with van der Waals surface area (Å²) in [6.07, 6.45) is 2.45. The molecule has 2 amide bonds. The van der Waals surface area contributed by atoms with Crippen LogP contribution in [0, 0.1) is 10.8 Å². The van der Waals surface area contributed by atoms with Crippen molar-refractivity contribution in [2.45, 2.75) is 46.5 Å². The van der Waals surface area contributed by atoms with Crippen molar-refractivity contribution in [3.05, 3.63) is 35.0 Å². The summed E-state index contributed by atoms with van der Waals surface area (Å²) in [5.74, 6) is -0.752. The number of anilines is 2. The maximum atomic E-state index is 12.7. The second-order valence-corrected chi connectivity index (χ2v) is 11.9. The fourth-order valence-corrected chi connectivity index (χ4v) is 4.87. The molecule has 1 aliphatic rings. The molecule has 0 saturated carbocycles. The van der Waals surface area contributed by atoms with Crippen molar-refractivity contribution in [2.75, 3.05) is 96.3 Å². The van der Waals surface area contributed by atoms with Gasteiger partial charge < -0.3 is 56.5 Å². The Bertz CT molecular complexity index is 1190. The van der Waals surface area contributed by atoms with E-state index >= 15 is 0 Å². The Labute approximate surface area is 278 Å². The van der Waals surface area contributed by atoms with Crippen LogP contribution in [0.25, 0.3) is 0 Å². The van der Waals surface area contributed by atoms with Crippen LogP contribution in [-0.4, -0.2) is 109 Å². The zero-order chi connectivity index (χ0) is 34.5. The van der Waals surface area contributed by atoms with Crippen LogP contribution in [-0.2, 0) is 33.3 Å². The Balaban J connectivity index is 1.55. The normalized spacial score (nSPS) is 14.3. The lowest BCUT2D eigenvalue weighted by Crippen LogP contribution is -2.31. The smallest absolute Gasteiger partial charge is 0.250 e. The van der Waals surface area contributed by atoms with Gasteiger partial charge in [-0.05, 0) is 49.8 Å². The molecule has 0 heterocycles. The van der Waals surface area contributed by atoms with Crippen molar-refractivity contribution in [2.24, 2.45) is 16.9 Å². The van der Waals surface area contributed by atoms with Crippen LogP contribution in [0.15, 0.2) is 29.5 Å². The van der Waals surface area contributed by atoms with Crippen molar-refractivity contribution in [3.63, 3.8) is 0 Å². The highest BCUT2D eigenvalue weighted by atomic mass is 16.6. The second-order valence-electron chi connectivity index (χ2n) is 11.9. The SMILES string of the molecule is CC(=N)C1=C(Nc2ccc(C(N)=O)c(NCCCOCCOCCOCCOCCOCCCNC(=O)CN)c2)CC(C)(C)CC1=O. The maximum absolute atomic E-state index is 12.7. The Morgan fingerprint density at radius 2 is 1.38 bits per heavy atom. The lowest BCUT2D eigenvalue weighted by Gasteiger charge is -2.32. The van der Waals surface area contributed by atoms with E-state index in [1.807, 2.05) is 13.8 Å². The van der Waals surface area contributed by atoms with E-state index in [1.165, 1.54) is 0 Å². The molecule has 0 fully saturated rings. The minimum atomic E-state index is -0.544. The number of nitrogens with one attached hydrogen (secondary N) is 4. The van der Waals surface area contributed by atoms with Crippen LogP contribution in [0.1, 0.15) is 56.8 Å². The predicted molar refractivity (Wildman–Crippen MR) is 181 cm³/mol. The first kappa shape index (κ1) is 39.8. The van der Waals surface area contributed by atoms with Crippen LogP contribution in [0.4, 0.5) is 11.4 Å². The Kier molecular flexibility index (Phi) is 18.8. The molecule has 14 nitrogen and oxygen atoms in total. The number of primary amides is 1. The molecular formula is C33H54N6O8. The van der Waals surface area contributed by atoms with Crippen molar-refractivity contribution >= 4 is 34.7 Å². The summed E-state index contributed by atoms with van der Waals surface area (Å²) < 4.78 is 27.5. The van der Waals surface area contributed by atoms with E-state index in [1.54, 1.807) is 25.1 Å². The topological polar surface area (TPSA) is 209 Å². The Morgan fingerprint density at radius 1 is 0.851 bits per heavy atom. The first-order valence-corrected chi connectivity index (χ1v) is 16.2. The third-order valence-electron chi connectivity index (χ3n) is 7.07. The second kappa shape index (κ2) is 22.2. The van der Waals surface area contributed by atoms with Gasteiger partial charge in [-0.1, -0.05) is 13.8 Å². The molecule has 264 valence electrons. The third-order valence-corrected chi connectivity index (χ3v) is 7.07. The first-order chi connectivity index (χ1) is 22.5. The van der Waals surface area contributed by atoms with Crippen LogP contribution < -0.4 is 27.4 Å². The maximum Gasteiger partial charge on any atom is 0.250 e. The standard InChI is InChI=1S/C33H54N6O8/c1-24(35)31-28(21-33(2,3)22-29(31)40)39-25-6-7-26(32(36)42)27(20-25)37-8-4-10-43-12-14-45-16-18-47-19-17-46-15-13-44-11-5-9-38-30(41)23-34/h6-7,20,35,37,39H,4-5,8-19,21-23,34H2,1-3H3,(H2,36,42)(H,38,41). The minimum Gasteiger partial charge on any atom is -0.384 e. The highest BCUT2D eigenvalue weighted by Crippen LogP contribution is 2.38. The van der Waals surface area contributed by atoms with Crippen molar-refractivity contribution in [3.8, 4) is 0 Å². The third kappa shape index (κ3) is 16.3. The molecule has 1 aromatic rings. The number of nitrogens with two attached hydrogens (primary N) is 2. The minimum absolute atomic E-state index is 0.00383. The molecule has 0 atom stereocenters. The van der Waals surface area contributed by atoms with E-state index in [4.69, 9.17) is 40.6 Å². The van der Waals surface area contributed by atoms with Gasteiger partial charge in [0.2, 0.25) is 5.91 Å².